The van der Waals surface area contributed by atoms with E-state index in [4.69, 9.17) is 4.74 Å². The summed E-state index contributed by atoms with van der Waals surface area (Å²) in [6, 6.07) is 9.90. The Kier molecular flexibility index (Phi) is 8.54. The fourth-order valence-corrected chi connectivity index (χ4v) is 4.80. The SMILES string of the molecule is COCCCNC(=O)[C@@H]1CCCN(S(=O)(=O)CCCc2ccccc2)C1. The molecule has 0 aromatic heterocycles. The monoisotopic (exact) mass is 382 g/mol. The van der Waals surface area contributed by atoms with Crippen molar-refractivity contribution in [2.75, 3.05) is 39.1 Å². The molecule has 1 aromatic carbocycles. The number of carbonyl (C=O) groups excluding carboxylic acids is 1. The van der Waals surface area contributed by atoms with E-state index in [1.807, 2.05) is 30.3 Å². The zero-order chi connectivity index (χ0) is 18.8. The van der Waals surface area contributed by atoms with Gasteiger partial charge in [0, 0.05) is 33.4 Å². The van der Waals surface area contributed by atoms with Crippen LogP contribution in [0.5, 0.6) is 0 Å². The first-order chi connectivity index (χ1) is 12.5. The first-order valence-corrected chi connectivity index (χ1v) is 10.9. The summed E-state index contributed by atoms with van der Waals surface area (Å²) in [5.41, 5.74) is 1.15. The number of methoxy groups -OCH3 is 1. The first kappa shape index (κ1) is 20.9. The van der Waals surface area contributed by atoms with Gasteiger partial charge in [-0.2, -0.15) is 0 Å². The second kappa shape index (κ2) is 10.6. The maximum atomic E-state index is 12.6. The molecular formula is C19H30N2O4S. The number of ether oxygens (including phenoxy) is 1. The summed E-state index contributed by atoms with van der Waals surface area (Å²) in [5.74, 6) is -0.176. The van der Waals surface area contributed by atoms with Crippen LogP contribution >= 0.6 is 0 Å². The molecule has 1 atom stereocenters. The van der Waals surface area contributed by atoms with Gasteiger partial charge in [0.2, 0.25) is 15.9 Å². The minimum absolute atomic E-state index is 0.0507. The third kappa shape index (κ3) is 6.70. The number of rotatable bonds is 10. The van der Waals surface area contributed by atoms with E-state index >= 15 is 0 Å². The molecule has 0 spiro atoms. The van der Waals surface area contributed by atoms with E-state index in [0.29, 0.717) is 32.7 Å². The summed E-state index contributed by atoms with van der Waals surface area (Å²) in [7, 11) is -1.69. The van der Waals surface area contributed by atoms with Crippen LogP contribution < -0.4 is 5.32 Å². The maximum absolute atomic E-state index is 12.6. The van der Waals surface area contributed by atoms with E-state index in [-0.39, 0.29) is 17.6 Å². The van der Waals surface area contributed by atoms with Gasteiger partial charge in [0.05, 0.1) is 11.7 Å². The topological polar surface area (TPSA) is 75.7 Å². The Bertz CT molecular complexity index is 649. The lowest BCUT2D eigenvalue weighted by Crippen LogP contribution is -2.46. The minimum Gasteiger partial charge on any atom is -0.385 e. The van der Waals surface area contributed by atoms with Gasteiger partial charge in [-0.3, -0.25) is 4.79 Å². The van der Waals surface area contributed by atoms with Crippen LogP contribution in [0.2, 0.25) is 0 Å². The van der Waals surface area contributed by atoms with Crippen molar-refractivity contribution in [1.29, 1.82) is 0 Å². The Balaban J connectivity index is 1.79. The van der Waals surface area contributed by atoms with Crippen LogP contribution in [0.3, 0.4) is 0 Å². The predicted molar refractivity (Wildman–Crippen MR) is 102 cm³/mol. The third-order valence-corrected chi connectivity index (χ3v) is 6.61. The smallest absolute Gasteiger partial charge is 0.224 e. The lowest BCUT2D eigenvalue weighted by atomic mass is 9.99. The molecule has 7 heteroatoms. The zero-order valence-corrected chi connectivity index (χ0v) is 16.3. The van der Waals surface area contributed by atoms with Crippen molar-refractivity contribution >= 4 is 15.9 Å². The molecule has 0 aliphatic carbocycles. The Morgan fingerprint density at radius 1 is 1.27 bits per heavy atom. The molecule has 1 amide bonds. The molecule has 0 saturated carbocycles. The van der Waals surface area contributed by atoms with Crippen molar-refractivity contribution in [1.82, 2.24) is 9.62 Å². The Labute approximate surface area is 157 Å². The number of carbonyl (C=O) groups is 1. The molecule has 1 N–H and O–H groups in total. The number of benzene rings is 1. The van der Waals surface area contributed by atoms with Crippen LogP contribution in [-0.2, 0) is 26.0 Å². The second-order valence-electron chi connectivity index (χ2n) is 6.74. The van der Waals surface area contributed by atoms with Gasteiger partial charge < -0.3 is 10.1 Å². The molecule has 0 radical (unpaired) electrons. The standard InChI is InChI=1S/C19H30N2O4S/c1-25-14-7-12-20-19(22)18-11-5-13-21(16-18)26(23,24)15-6-10-17-8-3-2-4-9-17/h2-4,8-9,18H,5-7,10-16H2,1H3,(H,20,22)/t18-/m1/s1. The van der Waals surface area contributed by atoms with Crippen molar-refractivity contribution in [3.05, 3.63) is 35.9 Å². The molecule has 26 heavy (non-hydrogen) atoms. The summed E-state index contributed by atoms with van der Waals surface area (Å²) >= 11 is 0. The number of amides is 1. The Morgan fingerprint density at radius 2 is 2.04 bits per heavy atom. The number of nitrogens with zero attached hydrogens (tertiary/aromatic N) is 1. The minimum atomic E-state index is -3.32. The number of nitrogens with one attached hydrogen (secondary N) is 1. The van der Waals surface area contributed by atoms with E-state index in [9.17, 15) is 13.2 Å². The fourth-order valence-electron chi connectivity index (χ4n) is 3.21. The lowest BCUT2D eigenvalue weighted by Gasteiger charge is -2.31. The van der Waals surface area contributed by atoms with Crippen LogP contribution in [0.4, 0.5) is 0 Å². The van der Waals surface area contributed by atoms with Gasteiger partial charge in [0.25, 0.3) is 0 Å². The van der Waals surface area contributed by atoms with E-state index < -0.39 is 10.0 Å². The quantitative estimate of drug-likeness (QED) is 0.626. The molecule has 1 aromatic rings. The molecule has 0 bridgehead atoms. The highest BCUT2D eigenvalue weighted by Crippen LogP contribution is 2.20. The van der Waals surface area contributed by atoms with Crippen molar-refractivity contribution in [3.63, 3.8) is 0 Å². The van der Waals surface area contributed by atoms with Crippen LogP contribution in [-0.4, -0.2) is 57.7 Å². The molecule has 1 fully saturated rings. The lowest BCUT2D eigenvalue weighted by molar-refractivity contribution is -0.126. The van der Waals surface area contributed by atoms with Gasteiger partial charge in [0.15, 0.2) is 0 Å². The van der Waals surface area contributed by atoms with Gasteiger partial charge in [-0.15, -0.1) is 0 Å². The summed E-state index contributed by atoms with van der Waals surface area (Å²) < 4.78 is 31.7. The van der Waals surface area contributed by atoms with E-state index in [0.717, 1.165) is 31.2 Å². The molecule has 1 heterocycles. The number of aryl methyl sites for hydroxylation is 1. The predicted octanol–water partition coefficient (Wildman–Crippen LogP) is 1.81. The van der Waals surface area contributed by atoms with Gasteiger partial charge >= 0.3 is 0 Å². The highest BCUT2D eigenvalue weighted by molar-refractivity contribution is 7.89. The van der Waals surface area contributed by atoms with Crippen LogP contribution in [0, 0.1) is 5.92 Å². The van der Waals surface area contributed by atoms with Crippen molar-refractivity contribution in [2.24, 2.45) is 5.92 Å². The number of sulfonamides is 1. The van der Waals surface area contributed by atoms with Gasteiger partial charge in [-0.1, -0.05) is 30.3 Å². The van der Waals surface area contributed by atoms with Crippen molar-refractivity contribution in [2.45, 2.75) is 32.1 Å². The van der Waals surface area contributed by atoms with E-state index in [1.165, 1.54) is 4.31 Å². The van der Waals surface area contributed by atoms with Gasteiger partial charge in [-0.25, -0.2) is 12.7 Å². The number of hydrogen-bond acceptors (Lipinski definition) is 4. The molecule has 1 saturated heterocycles. The van der Waals surface area contributed by atoms with Crippen molar-refractivity contribution < 1.29 is 17.9 Å². The normalized spacial score (nSPS) is 18.6. The summed E-state index contributed by atoms with van der Waals surface area (Å²) in [4.78, 5) is 12.3. The molecule has 1 aliphatic heterocycles. The molecule has 0 unspecified atom stereocenters. The van der Waals surface area contributed by atoms with Crippen LogP contribution in [0.1, 0.15) is 31.2 Å². The summed E-state index contributed by atoms with van der Waals surface area (Å²) in [6.45, 7) is 1.98. The fraction of sp³-hybridized carbons (Fsp3) is 0.632. The van der Waals surface area contributed by atoms with Gasteiger partial charge in [-0.05, 0) is 37.7 Å². The zero-order valence-electron chi connectivity index (χ0n) is 15.5. The second-order valence-corrected chi connectivity index (χ2v) is 8.83. The van der Waals surface area contributed by atoms with E-state index in [2.05, 4.69) is 5.32 Å². The maximum Gasteiger partial charge on any atom is 0.224 e. The third-order valence-electron chi connectivity index (χ3n) is 4.68. The number of piperidine rings is 1. The molecule has 2 rings (SSSR count). The van der Waals surface area contributed by atoms with Crippen molar-refractivity contribution in [3.8, 4) is 0 Å². The summed E-state index contributed by atoms with van der Waals surface area (Å²) in [5, 5.41) is 2.88. The molecule has 6 nitrogen and oxygen atoms in total. The highest BCUT2D eigenvalue weighted by atomic mass is 32.2. The van der Waals surface area contributed by atoms with Gasteiger partial charge in [0.1, 0.15) is 0 Å². The average molecular weight is 383 g/mol. The highest BCUT2D eigenvalue weighted by Gasteiger charge is 2.31. The molecule has 1 aliphatic rings. The Hall–Kier alpha value is -1.44. The summed E-state index contributed by atoms with van der Waals surface area (Å²) in [6.07, 6.45) is 3.57. The largest absolute Gasteiger partial charge is 0.385 e. The Morgan fingerprint density at radius 3 is 2.77 bits per heavy atom. The van der Waals surface area contributed by atoms with Crippen LogP contribution in [0.15, 0.2) is 30.3 Å². The molecular weight excluding hydrogens is 352 g/mol. The number of hydrogen-bond donors (Lipinski definition) is 1. The average Bonchev–Trinajstić information content (AvgIpc) is 2.66. The molecule has 146 valence electrons. The first-order valence-electron chi connectivity index (χ1n) is 9.31. The van der Waals surface area contributed by atoms with Crippen LogP contribution in [0.25, 0.3) is 0 Å². The van der Waals surface area contributed by atoms with E-state index in [1.54, 1.807) is 7.11 Å².